The number of hydrogen-bond donors (Lipinski definition) is 2. The van der Waals surface area contributed by atoms with Gasteiger partial charge in [0.1, 0.15) is 5.69 Å². The molecule has 0 amide bonds. The van der Waals surface area contributed by atoms with Gasteiger partial charge in [-0.05, 0) is 19.1 Å². The molecule has 0 spiro atoms. The Morgan fingerprint density at radius 2 is 2.05 bits per heavy atom. The van der Waals surface area contributed by atoms with E-state index in [1.807, 2.05) is 0 Å². The molecule has 7 heteroatoms. The molecule has 1 heterocycles. The quantitative estimate of drug-likeness (QED) is 0.890. The van der Waals surface area contributed by atoms with Gasteiger partial charge in [-0.15, -0.1) is 5.10 Å². The second kappa shape index (κ2) is 5.38. The summed E-state index contributed by atoms with van der Waals surface area (Å²) in [5.74, 6) is -1.17. The number of benzene rings is 1. The maximum absolute atomic E-state index is 11.2. The van der Waals surface area contributed by atoms with E-state index in [9.17, 15) is 9.90 Å². The summed E-state index contributed by atoms with van der Waals surface area (Å²) >= 11 is 5.81. The van der Waals surface area contributed by atoms with E-state index >= 15 is 0 Å². The molecule has 2 aromatic rings. The minimum absolute atomic E-state index is 0.150. The third-order valence-electron chi connectivity index (χ3n) is 2.49. The Morgan fingerprint density at radius 1 is 1.42 bits per heavy atom. The van der Waals surface area contributed by atoms with Gasteiger partial charge < -0.3 is 10.2 Å². The Morgan fingerprint density at radius 3 is 2.58 bits per heavy atom. The predicted molar refractivity (Wildman–Crippen MR) is 69.1 cm³/mol. The van der Waals surface area contributed by atoms with Crippen LogP contribution in [0.15, 0.2) is 24.3 Å². The first kappa shape index (κ1) is 13.5. The Labute approximate surface area is 114 Å². The smallest absolute Gasteiger partial charge is 0.358 e. The molecule has 1 unspecified atom stereocenters. The Hall–Kier alpha value is -1.92. The molecule has 0 aliphatic carbocycles. The molecule has 1 aromatic heterocycles. The van der Waals surface area contributed by atoms with Crippen LogP contribution in [0.25, 0.3) is 11.3 Å². The fourth-order valence-electron chi connectivity index (χ4n) is 1.73. The van der Waals surface area contributed by atoms with E-state index in [0.29, 0.717) is 16.3 Å². The number of nitrogens with zero attached hydrogens (tertiary/aromatic N) is 3. The molecule has 1 atom stereocenters. The van der Waals surface area contributed by atoms with Crippen LogP contribution in [0.2, 0.25) is 5.02 Å². The minimum atomic E-state index is -1.17. The van der Waals surface area contributed by atoms with Crippen molar-refractivity contribution >= 4 is 17.6 Å². The van der Waals surface area contributed by atoms with Crippen LogP contribution < -0.4 is 0 Å². The zero-order valence-electron chi connectivity index (χ0n) is 10.1. The van der Waals surface area contributed by atoms with Gasteiger partial charge in [0.2, 0.25) is 0 Å². The van der Waals surface area contributed by atoms with Gasteiger partial charge in [0, 0.05) is 10.6 Å². The average molecular weight is 282 g/mol. The number of carboxylic acids is 1. The molecule has 1 aromatic carbocycles. The van der Waals surface area contributed by atoms with Crippen LogP contribution in [0.4, 0.5) is 0 Å². The second-order valence-electron chi connectivity index (χ2n) is 4.13. The van der Waals surface area contributed by atoms with Crippen LogP contribution in [0.5, 0.6) is 0 Å². The lowest BCUT2D eigenvalue weighted by Gasteiger charge is -2.09. The number of aliphatic hydroxyl groups is 1. The van der Waals surface area contributed by atoms with Crippen LogP contribution >= 0.6 is 11.6 Å². The molecule has 100 valence electrons. The van der Waals surface area contributed by atoms with Crippen molar-refractivity contribution in [2.24, 2.45) is 0 Å². The van der Waals surface area contributed by atoms with Crippen molar-refractivity contribution < 1.29 is 15.0 Å². The van der Waals surface area contributed by atoms with E-state index in [1.165, 1.54) is 4.68 Å². The first-order chi connectivity index (χ1) is 8.99. The number of carboxylic acid groups (broad SMARTS) is 1. The molecule has 0 bridgehead atoms. The molecule has 2 N–H and O–H groups in total. The van der Waals surface area contributed by atoms with Crippen molar-refractivity contribution in [3.8, 4) is 11.3 Å². The summed E-state index contributed by atoms with van der Waals surface area (Å²) in [5, 5.41) is 26.5. The highest BCUT2D eigenvalue weighted by molar-refractivity contribution is 6.30. The van der Waals surface area contributed by atoms with Gasteiger partial charge in [0.25, 0.3) is 0 Å². The molecule has 0 fully saturated rings. The summed E-state index contributed by atoms with van der Waals surface area (Å²) in [4.78, 5) is 11.2. The Bertz CT molecular complexity index is 593. The fraction of sp³-hybridized carbons (Fsp3) is 0.250. The maximum atomic E-state index is 11.2. The lowest BCUT2D eigenvalue weighted by atomic mass is 10.1. The first-order valence-corrected chi connectivity index (χ1v) is 5.97. The van der Waals surface area contributed by atoms with Crippen LogP contribution in [0.3, 0.4) is 0 Å². The lowest BCUT2D eigenvalue weighted by molar-refractivity contribution is 0.0691. The Kier molecular flexibility index (Phi) is 3.82. The maximum Gasteiger partial charge on any atom is 0.358 e. The van der Waals surface area contributed by atoms with Crippen LogP contribution in [0, 0.1) is 0 Å². The highest BCUT2D eigenvalue weighted by Crippen LogP contribution is 2.24. The predicted octanol–water partition coefficient (Wildman–Crippen LogP) is 1.68. The molecule has 19 heavy (non-hydrogen) atoms. The molecular formula is C12H12ClN3O3. The van der Waals surface area contributed by atoms with Gasteiger partial charge in [-0.3, -0.25) is 0 Å². The summed E-state index contributed by atoms with van der Waals surface area (Å²) < 4.78 is 1.37. The zero-order chi connectivity index (χ0) is 14.0. The van der Waals surface area contributed by atoms with E-state index in [4.69, 9.17) is 16.7 Å². The summed E-state index contributed by atoms with van der Waals surface area (Å²) in [6.45, 7) is 1.76. The van der Waals surface area contributed by atoms with Crippen molar-refractivity contribution in [2.75, 3.05) is 0 Å². The first-order valence-electron chi connectivity index (χ1n) is 5.60. The normalized spacial score (nSPS) is 12.4. The summed E-state index contributed by atoms with van der Waals surface area (Å²) in [6, 6.07) is 6.68. The van der Waals surface area contributed by atoms with Crippen molar-refractivity contribution in [1.29, 1.82) is 0 Å². The molecule has 0 saturated carbocycles. The number of aliphatic hydroxyl groups excluding tert-OH is 1. The highest BCUT2D eigenvalue weighted by Gasteiger charge is 2.21. The zero-order valence-corrected chi connectivity index (χ0v) is 10.9. The van der Waals surface area contributed by atoms with E-state index < -0.39 is 12.1 Å². The van der Waals surface area contributed by atoms with Gasteiger partial charge >= 0.3 is 5.97 Å². The average Bonchev–Trinajstić information content (AvgIpc) is 2.73. The SMILES string of the molecule is CC(O)Cn1nnc(C(=O)O)c1-c1ccc(Cl)cc1. The van der Waals surface area contributed by atoms with Crippen molar-refractivity contribution in [3.63, 3.8) is 0 Å². The second-order valence-corrected chi connectivity index (χ2v) is 4.57. The van der Waals surface area contributed by atoms with E-state index in [-0.39, 0.29) is 12.2 Å². The van der Waals surface area contributed by atoms with Crippen molar-refractivity contribution in [2.45, 2.75) is 19.6 Å². The molecule has 0 radical (unpaired) electrons. The monoisotopic (exact) mass is 281 g/mol. The van der Waals surface area contributed by atoms with Crippen LogP contribution in [0.1, 0.15) is 17.4 Å². The third kappa shape index (κ3) is 2.91. The lowest BCUT2D eigenvalue weighted by Crippen LogP contribution is -2.14. The van der Waals surface area contributed by atoms with Crippen LogP contribution in [-0.4, -0.2) is 37.3 Å². The van der Waals surface area contributed by atoms with Gasteiger partial charge in [-0.2, -0.15) is 0 Å². The number of halogens is 1. The van der Waals surface area contributed by atoms with Crippen LogP contribution in [-0.2, 0) is 6.54 Å². The number of rotatable bonds is 4. The van der Waals surface area contributed by atoms with Crippen molar-refractivity contribution in [1.82, 2.24) is 15.0 Å². The van der Waals surface area contributed by atoms with Gasteiger partial charge in [-0.1, -0.05) is 28.9 Å². The number of hydrogen-bond acceptors (Lipinski definition) is 4. The number of carbonyl (C=O) groups is 1. The standard InChI is InChI=1S/C12H12ClN3O3/c1-7(17)6-16-11(10(12(18)19)14-15-16)8-2-4-9(13)5-3-8/h2-5,7,17H,6H2,1H3,(H,18,19). The molecule has 2 rings (SSSR count). The molecule has 6 nitrogen and oxygen atoms in total. The molecule has 0 saturated heterocycles. The fourth-order valence-corrected chi connectivity index (χ4v) is 1.85. The highest BCUT2D eigenvalue weighted by atomic mass is 35.5. The van der Waals surface area contributed by atoms with E-state index in [1.54, 1.807) is 31.2 Å². The molecular weight excluding hydrogens is 270 g/mol. The van der Waals surface area contributed by atoms with Gasteiger partial charge in [0.15, 0.2) is 5.69 Å². The minimum Gasteiger partial charge on any atom is -0.476 e. The summed E-state index contributed by atoms with van der Waals surface area (Å²) in [7, 11) is 0. The van der Waals surface area contributed by atoms with Gasteiger partial charge in [-0.25, -0.2) is 9.48 Å². The van der Waals surface area contributed by atoms with E-state index in [2.05, 4.69) is 10.3 Å². The number of aromatic carboxylic acids is 1. The molecule has 0 aliphatic heterocycles. The molecule has 0 aliphatic rings. The van der Waals surface area contributed by atoms with Gasteiger partial charge in [0.05, 0.1) is 12.6 Å². The van der Waals surface area contributed by atoms with E-state index in [0.717, 1.165) is 0 Å². The largest absolute Gasteiger partial charge is 0.476 e. The topological polar surface area (TPSA) is 88.2 Å². The Balaban J connectivity index is 2.54. The van der Waals surface area contributed by atoms with Crippen molar-refractivity contribution in [3.05, 3.63) is 35.0 Å². The number of aromatic nitrogens is 3. The summed E-state index contributed by atoms with van der Waals surface area (Å²) in [5.41, 5.74) is 0.834. The third-order valence-corrected chi connectivity index (χ3v) is 2.74. The summed E-state index contributed by atoms with van der Waals surface area (Å²) in [6.07, 6.45) is -0.658.